The normalized spacial score (nSPS) is 12.7. The number of aliphatic hydroxyl groups is 2. The van der Waals surface area contributed by atoms with Gasteiger partial charge in [0.1, 0.15) is 0 Å². The van der Waals surface area contributed by atoms with Gasteiger partial charge in [0.2, 0.25) is 5.91 Å². The molecule has 65 heavy (non-hydrogen) atoms. The Morgan fingerprint density at radius 2 is 0.723 bits per heavy atom. The van der Waals surface area contributed by atoms with Crippen LogP contribution in [0.3, 0.4) is 0 Å². The molecule has 0 saturated heterocycles. The summed E-state index contributed by atoms with van der Waals surface area (Å²) in [6.07, 6.45) is 66.3. The van der Waals surface area contributed by atoms with E-state index in [0.29, 0.717) is 19.4 Å². The first-order valence-corrected chi connectivity index (χ1v) is 29.1. The molecule has 1 amide bonds. The van der Waals surface area contributed by atoms with Gasteiger partial charge in [0.15, 0.2) is 0 Å². The molecule has 2 unspecified atom stereocenters. The van der Waals surface area contributed by atoms with Crippen LogP contribution in [0, 0.1) is 0 Å². The zero-order valence-corrected chi connectivity index (χ0v) is 43.7. The second-order valence-electron chi connectivity index (χ2n) is 20.0. The van der Waals surface area contributed by atoms with Crippen molar-refractivity contribution in [2.45, 2.75) is 328 Å². The van der Waals surface area contributed by atoms with Gasteiger partial charge in [-0.1, -0.05) is 269 Å². The van der Waals surface area contributed by atoms with Gasteiger partial charge in [-0.05, 0) is 57.8 Å². The van der Waals surface area contributed by atoms with E-state index in [1.807, 2.05) is 6.08 Å². The molecule has 6 heteroatoms. The molecule has 0 fully saturated rings. The van der Waals surface area contributed by atoms with Crippen LogP contribution in [0.1, 0.15) is 316 Å². The summed E-state index contributed by atoms with van der Waals surface area (Å²) < 4.78 is 5.45. The van der Waals surface area contributed by atoms with Gasteiger partial charge in [-0.2, -0.15) is 0 Å². The fourth-order valence-corrected chi connectivity index (χ4v) is 8.98. The summed E-state index contributed by atoms with van der Waals surface area (Å²) in [7, 11) is 0. The van der Waals surface area contributed by atoms with Crippen molar-refractivity contribution < 1.29 is 24.5 Å². The van der Waals surface area contributed by atoms with Crippen LogP contribution in [0.5, 0.6) is 0 Å². The Morgan fingerprint density at radius 1 is 0.415 bits per heavy atom. The number of carbonyl (C=O) groups is 2. The SMILES string of the molecule is CCCCCCCCCCCCCCCCCCCC/C=C/C(O)C(CO)NC(=O)CCCCCCC/C=C\CCCCOC(=O)CCCCCCCCCCCCCCCCCCC. The standard InChI is InChI=1S/C59H113NO5/c1-3-5-7-9-11-13-15-17-19-21-22-23-25-26-28-31-35-39-43-47-51-57(62)56(55-61)60-58(63)52-48-44-40-36-32-30-34-38-42-46-50-54-65-59(64)53-49-45-41-37-33-29-27-24-20-18-16-14-12-10-8-6-4-2/h34,38,47,51,56-57,61-62H,3-33,35-37,39-46,48-50,52-55H2,1-2H3,(H,60,63)/b38-34-,51-47+. The number of unbranched alkanes of at least 4 members (excludes halogenated alkanes) is 41. The van der Waals surface area contributed by atoms with E-state index in [0.717, 1.165) is 83.5 Å². The average molecular weight is 917 g/mol. The minimum Gasteiger partial charge on any atom is -0.466 e. The third-order valence-electron chi connectivity index (χ3n) is 13.5. The summed E-state index contributed by atoms with van der Waals surface area (Å²) in [5, 5.41) is 23.1. The maximum atomic E-state index is 12.5. The van der Waals surface area contributed by atoms with E-state index in [4.69, 9.17) is 4.74 Å². The van der Waals surface area contributed by atoms with Crippen molar-refractivity contribution in [1.29, 1.82) is 0 Å². The third-order valence-corrected chi connectivity index (χ3v) is 13.5. The minimum absolute atomic E-state index is 0.0286. The minimum atomic E-state index is -0.863. The Kier molecular flexibility index (Phi) is 53.5. The van der Waals surface area contributed by atoms with Crippen LogP contribution in [-0.2, 0) is 14.3 Å². The third kappa shape index (κ3) is 51.6. The van der Waals surface area contributed by atoms with Crippen molar-refractivity contribution in [2.24, 2.45) is 0 Å². The molecule has 0 aromatic carbocycles. The number of ether oxygens (including phenoxy) is 1. The summed E-state index contributed by atoms with van der Waals surface area (Å²) in [5.41, 5.74) is 0. The van der Waals surface area contributed by atoms with Crippen LogP contribution in [0.25, 0.3) is 0 Å². The second-order valence-corrected chi connectivity index (χ2v) is 20.0. The second kappa shape index (κ2) is 54.9. The molecule has 0 aromatic rings. The number of amides is 1. The molecule has 3 N–H and O–H groups in total. The number of hydrogen-bond donors (Lipinski definition) is 3. The zero-order chi connectivity index (χ0) is 47.2. The molecule has 0 aliphatic heterocycles. The molecule has 0 aromatic heterocycles. The van der Waals surface area contributed by atoms with Crippen LogP contribution in [0.4, 0.5) is 0 Å². The van der Waals surface area contributed by atoms with Crippen molar-refractivity contribution in [1.82, 2.24) is 5.32 Å². The van der Waals surface area contributed by atoms with Crippen LogP contribution in [0.2, 0.25) is 0 Å². The Morgan fingerprint density at radius 3 is 1.09 bits per heavy atom. The summed E-state index contributed by atoms with van der Waals surface area (Å²) >= 11 is 0. The van der Waals surface area contributed by atoms with E-state index in [-0.39, 0.29) is 18.5 Å². The Balaban J connectivity index is 3.52. The van der Waals surface area contributed by atoms with Gasteiger partial charge in [0.05, 0.1) is 25.4 Å². The molecule has 0 aliphatic carbocycles. The van der Waals surface area contributed by atoms with E-state index in [9.17, 15) is 19.8 Å². The number of nitrogens with one attached hydrogen (secondary N) is 1. The van der Waals surface area contributed by atoms with Crippen molar-refractivity contribution in [2.75, 3.05) is 13.2 Å². The number of allylic oxidation sites excluding steroid dienone is 3. The topological polar surface area (TPSA) is 95.9 Å². The molecule has 0 aliphatic rings. The van der Waals surface area contributed by atoms with Gasteiger partial charge in [-0.25, -0.2) is 0 Å². The van der Waals surface area contributed by atoms with E-state index in [1.165, 1.54) is 205 Å². The fourth-order valence-electron chi connectivity index (χ4n) is 8.98. The van der Waals surface area contributed by atoms with Gasteiger partial charge in [-0.3, -0.25) is 9.59 Å². The molecular formula is C59H113NO5. The van der Waals surface area contributed by atoms with E-state index >= 15 is 0 Å². The van der Waals surface area contributed by atoms with Crippen LogP contribution in [0.15, 0.2) is 24.3 Å². The highest BCUT2D eigenvalue weighted by Crippen LogP contribution is 2.17. The van der Waals surface area contributed by atoms with Gasteiger partial charge in [0, 0.05) is 12.8 Å². The lowest BCUT2D eigenvalue weighted by molar-refractivity contribution is -0.143. The van der Waals surface area contributed by atoms with Gasteiger partial charge in [-0.15, -0.1) is 0 Å². The fraction of sp³-hybridized carbons (Fsp3) is 0.898. The predicted molar refractivity (Wildman–Crippen MR) is 283 cm³/mol. The van der Waals surface area contributed by atoms with Gasteiger partial charge >= 0.3 is 5.97 Å². The molecule has 0 heterocycles. The zero-order valence-electron chi connectivity index (χ0n) is 43.7. The molecule has 0 saturated carbocycles. The Bertz CT molecular complexity index is 1010. The summed E-state index contributed by atoms with van der Waals surface area (Å²) in [5.74, 6) is -0.123. The number of hydrogen-bond acceptors (Lipinski definition) is 5. The monoisotopic (exact) mass is 916 g/mol. The molecule has 2 atom stereocenters. The Labute approximate surface area is 405 Å². The van der Waals surface area contributed by atoms with E-state index < -0.39 is 12.1 Å². The first kappa shape index (κ1) is 63.3. The maximum absolute atomic E-state index is 12.5. The van der Waals surface area contributed by atoms with E-state index in [2.05, 4.69) is 31.3 Å². The quantitative estimate of drug-likeness (QED) is 0.0321. The highest BCUT2D eigenvalue weighted by Gasteiger charge is 2.18. The van der Waals surface area contributed by atoms with E-state index in [1.54, 1.807) is 6.08 Å². The number of esters is 1. The predicted octanol–water partition coefficient (Wildman–Crippen LogP) is 17.9. The highest BCUT2D eigenvalue weighted by molar-refractivity contribution is 5.76. The first-order chi connectivity index (χ1) is 32.0. The van der Waals surface area contributed by atoms with Crippen molar-refractivity contribution >= 4 is 11.9 Å². The smallest absolute Gasteiger partial charge is 0.305 e. The lowest BCUT2D eigenvalue weighted by Gasteiger charge is -2.20. The highest BCUT2D eigenvalue weighted by atomic mass is 16.5. The maximum Gasteiger partial charge on any atom is 0.305 e. The van der Waals surface area contributed by atoms with Crippen LogP contribution < -0.4 is 5.32 Å². The number of carbonyl (C=O) groups excluding carboxylic acids is 2. The average Bonchev–Trinajstić information content (AvgIpc) is 3.31. The largest absolute Gasteiger partial charge is 0.466 e. The molecule has 0 radical (unpaired) electrons. The summed E-state index contributed by atoms with van der Waals surface area (Å²) in [4.78, 5) is 24.5. The molecule has 6 nitrogen and oxygen atoms in total. The van der Waals surface area contributed by atoms with Crippen LogP contribution >= 0.6 is 0 Å². The van der Waals surface area contributed by atoms with Crippen LogP contribution in [-0.4, -0.2) is 47.4 Å². The molecule has 0 rings (SSSR count). The molecule has 0 bridgehead atoms. The number of rotatable bonds is 54. The van der Waals surface area contributed by atoms with Crippen molar-refractivity contribution in [3.05, 3.63) is 24.3 Å². The first-order valence-electron chi connectivity index (χ1n) is 29.1. The number of aliphatic hydroxyl groups excluding tert-OH is 2. The summed E-state index contributed by atoms with van der Waals surface area (Å²) in [6, 6.07) is -0.649. The molecular weight excluding hydrogens is 803 g/mol. The van der Waals surface area contributed by atoms with Gasteiger partial charge in [0.25, 0.3) is 0 Å². The summed E-state index contributed by atoms with van der Waals surface area (Å²) in [6.45, 7) is 4.85. The molecule has 0 spiro atoms. The lowest BCUT2D eigenvalue weighted by atomic mass is 10.0. The van der Waals surface area contributed by atoms with Gasteiger partial charge < -0.3 is 20.3 Å². The van der Waals surface area contributed by atoms with Crippen molar-refractivity contribution in [3.8, 4) is 0 Å². The molecule has 384 valence electrons. The lowest BCUT2D eigenvalue weighted by Crippen LogP contribution is -2.45. The van der Waals surface area contributed by atoms with Crippen molar-refractivity contribution in [3.63, 3.8) is 0 Å². The Hall–Kier alpha value is -1.66.